The number of thiol groups is 1. The van der Waals surface area contributed by atoms with Crippen LogP contribution in [0, 0.1) is 23.0 Å². The van der Waals surface area contributed by atoms with Gasteiger partial charge in [-0.15, -0.1) is 0 Å². The molecule has 0 amide bonds. The largest absolute Gasteiger partial charge is 0.205 e. The fraction of sp³-hybridized carbons (Fsp3) is 0.182. The van der Waals surface area contributed by atoms with E-state index in [0.717, 1.165) is 18.6 Å². The van der Waals surface area contributed by atoms with Crippen LogP contribution in [0.25, 0.3) is 6.08 Å². The third-order valence-corrected chi connectivity index (χ3v) is 2.04. The summed E-state index contributed by atoms with van der Waals surface area (Å²) in [5.41, 5.74) is -0.132. The number of allylic oxidation sites excluding steroid dienone is 1. The van der Waals surface area contributed by atoms with Crippen molar-refractivity contribution in [2.45, 2.75) is 6.42 Å². The smallest absolute Gasteiger partial charge is 0.144 e. The molecular formula is C11H9F2NS. The second kappa shape index (κ2) is 5.52. The summed E-state index contributed by atoms with van der Waals surface area (Å²) in [4.78, 5) is 0. The molecule has 1 aromatic carbocycles. The summed E-state index contributed by atoms with van der Waals surface area (Å²) in [5.74, 6) is -0.983. The van der Waals surface area contributed by atoms with Crippen LogP contribution in [0.1, 0.15) is 17.5 Å². The lowest BCUT2D eigenvalue weighted by Gasteiger charge is -1.98. The molecule has 0 aliphatic carbocycles. The van der Waals surface area contributed by atoms with Gasteiger partial charge in [0.15, 0.2) is 0 Å². The molecule has 15 heavy (non-hydrogen) atoms. The molecule has 4 heteroatoms. The van der Waals surface area contributed by atoms with Gasteiger partial charge in [-0.25, -0.2) is 8.78 Å². The quantitative estimate of drug-likeness (QED) is 0.785. The number of halogens is 2. The van der Waals surface area contributed by atoms with Gasteiger partial charge in [-0.1, -0.05) is 12.2 Å². The van der Waals surface area contributed by atoms with Crippen molar-refractivity contribution in [1.82, 2.24) is 0 Å². The SMILES string of the molecule is N#Cc1c(F)cc(C=CCCS)cc1F. The summed E-state index contributed by atoms with van der Waals surface area (Å²) < 4.78 is 26.2. The first-order valence-corrected chi connectivity index (χ1v) is 4.99. The summed E-state index contributed by atoms with van der Waals surface area (Å²) in [6, 6.07) is 3.74. The van der Waals surface area contributed by atoms with E-state index in [2.05, 4.69) is 12.6 Å². The zero-order valence-electron chi connectivity index (χ0n) is 7.87. The van der Waals surface area contributed by atoms with Crippen molar-refractivity contribution in [3.63, 3.8) is 0 Å². The van der Waals surface area contributed by atoms with Crippen LogP contribution < -0.4 is 0 Å². The van der Waals surface area contributed by atoms with Gasteiger partial charge in [0.1, 0.15) is 23.3 Å². The molecule has 0 bridgehead atoms. The van der Waals surface area contributed by atoms with Crippen LogP contribution in [0.4, 0.5) is 8.78 Å². The first-order valence-electron chi connectivity index (χ1n) is 4.35. The van der Waals surface area contributed by atoms with Gasteiger partial charge in [0.2, 0.25) is 0 Å². The number of hydrogen-bond acceptors (Lipinski definition) is 2. The normalized spacial score (nSPS) is 10.5. The van der Waals surface area contributed by atoms with E-state index in [-0.39, 0.29) is 0 Å². The third-order valence-electron chi connectivity index (χ3n) is 1.78. The lowest BCUT2D eigenvalue weighted by atomic mass is 10.1. The van der Waals surface area contributed by atoms with Crippen LogP contribution in [0.5, 0.6) is 0 Å². The molecule has 0 saturated carbocycles. The maximum Gasteiger partial charge on any atom is 0.144 e. The van der Waals surface area contributed by atoms with Crippen molar-refractivity contribution >= 4 is 18.7 Å². The fourth-order valence-electron chi connectivity index (χ4n) is 1.09. The van der Waals surface area contributed by atoms with Crippen molar-refractivity contribution in [3.05, 3.63) is 41.0 Å². The molecule has 1 nitrogen and oxygen atoms in total. The summed E-state index contributed by atoms with van der Waals surface area (Å²) in [6.45, 7) is 0. The molecule has 0 atom stereocenters. The molecule has 0 fully saturated rings. The zero-order valence-corrected chi connectivity index (χ0v) is 8.77. The Bertz CT molecular complexity index is 398. The Hall–Kier alpha value is -1.34. The van der Waals surface area contributed by atoms with Gasteiger partial charge in [0, 0.05) is 0 Å². The van der Waals surface area contributed by atoms with Crippen LogP contribution in [0.15, 0.2) is 18.2 Å². The lowest BCUT2D eigenvalue weighted by Crippen LogP contribution is -1.91. The molecule has 0 unspecified atom stereocenters. The van der Waals surface area contributed by atoms with E-state index in [1.165, 1.54) is 6.07 Å². The van der Waals surface area contributed by atoms with E-state index in [1.807, 2.05) is 0 Å². The molecule has 0 spiro atoms. The highest BCUT2D eigenvalue weighted by Crippen LogP contribution is 2.15. The Balaban J connectivity index is 3.00. The molecule has 0 radical (unpaired) electrons. The maximum absolute atomic E-state index is 13.1. The van der Waals surface area contributed by atoms with Crippen molar-refractivity contribution < 1.29 is 8.78 Å². The topological polar surface area (TPSA) is 23.8 Å². The molecule has 1 aromatic rings. The number of nitrogens with zero attached hydrogens (tertiary/aromatic N) is 1. The van der Waals surface area contributed by atoms with Gasteiger partial charge in [-0.2, -0.15) is 17.9 Å². The molecule has 1 rings (SSSR count). The van der Waals surface area contributed by atoms with E-state index in [4.69, 9.17) is 5.26 Å². The van der Waals surface area contributed by atoms with E-state index in [0.29, 0.717) is 11.3 Å². The van der Waals surface area contributed by atoms with Crippen LogP contribution in [-0.4, -0.2) is 5.75 Å². The Morgan fingerprint density at radius 2 is 1.93 bits per heavy atom. The number of benzene rings is 1. The van der Waals surface area contributed by atoms with E-state index >= 15 is 0 Å². The Morgan fingerprint density at radius 1 is 1.33 bits per heavy atom. The Morgan fingerprint density at radius 3 is 2.40 bits per heavy atom. The fourth-order valence-corrected chi connectivity index (χ4v) is 1.24. The van der Waals surface area contributed by atoms with E-state index < -0.39 is 17.2 Å². The molecule has 78 valence electrons. The van der Waals surface area contributed by atoms with Crippen LogP contribution in [0.3, 0.4) is 0 Å². The minimum Gasteiger partial charge on any atom is -0.205 e. The van der Waals surface area contributed by atoms with Crippen molar-refractivity contribution in [2.75, 3.05) is 5.75 Å². The Kier molecular flexibility index (Phi) is 4.32. The summed E-state index contributed by atoms with van der Waals surface area (Å²) in [7, 11) is 0. The molecular weight excluding hydrogens is 216 g/mol. The highest BCUT2D eigenvalue weighted by Gasteiger charge is 2.08. The van der Waals surface area contributed by atoms with Gasteiger partial charge in [0.25, 0.3) is 0 Å². The van der Waals surface area contributed by atoms with Crippen molar-refractivity contribution in [3.8, 4) is 6.07 Å². The monoisotopic (exact) mass is 225 g/mol. The molecule has 0 aliphatic heterocycles. The molecule has 0 aromatic heterocycles. The first-order chi connectivity index (χ1) is 7.19. The zero-order chi connectivity index (χ0) is 11.3. The van der Waals surface area contributed by atoms with Crippen LogP contribution in [0.2, 0.25) is 0 Å². The molecule has 0 aliphatic rings. The van der Waals surface area contributed by atoms with E-state index in [1.54, 1.807) is 12.2 Å². The van der Waals surface area contributed by atoms with E-state index in [9.17, 15) is 8.78 Å². The molecule has 0 saturated heterocycles. The summed E-state index contributed by atoms with van der Waals surface area (Å²) >= 11 is 4.00. The average molecular weight is 225 g/mol. The van der Waals surface area contributed by atoms with Crippen molar-refractivity contribution in [2.24, 2.45) is 0 Å². The van der Waals surface area contributed by atoms with Gasteiger partial charge in [0.05, 0.1) is 0 Å². The Labute approximate surface area is 92.4 Å². The third kappa shape index (κ3) is 3.07. The second-order valence-corrected chi connectivity index (χ2v) is 3.33. The van der Waals surface area contributed by atoms with Crippen LogP contribution in [-0.2, 0) is 0 Å². The highest BCUT2D eigenvalue weighted by molar-refractivity contribution is 7.80. The number of hydrogen-bond donors (Lipinski definition) is 1. The van der Waals surface area contributed by atoms with Crippen molar-refractivity contribution in [1.29, 1.82) is 5.26 Å². The van der Waals surface area contributed by atoms with Crippen LogP contribution >= 0.6 is 12.6 Å². The predicted molar refractivity (Wildman–Crippen MR) is 58.6 cm³/mol. The molecule has 0 heterocycles. The summed E-state index contributed by atoms with van der Waals surface area (Å²) in [6.07, 6.45) is 4.10. The van der Waals surface area contributed by atoms with Gasteiger partial charge in [-0.05, 0) is 29.9 Å². The minimum absolute atomic E-state index is 0.408. The van der Waals surface area contributed by atoms with Gasteiger partial charge < -0.3 is 0 Å². The first kappa shape index (κ1) is 11.7. The minimum atomic E-state index is -0.831. The maximum atomic E-state index is 13.1. The summed E-state index contributed by atoms with van der Waals surface area (Å²) in [5, 5.41) is 8.45. The van der Waals surface area contributed by atoms with Gasteiger partial charge >= 0.3 is 0 Å². The number of rotatable bonds is 3. The van der Waals surface area contributed by atoms with Gasteiger partial charge in [-0.3, -0.25) is 0 Å². The standard InChI is InChI=1S/C11H9F2NS/c12-10-5-8(3-1-2-4-15)6-11(13)9(10)7-14/h1,3,5-6,15H,2,4H2. The predicted octanol–water partition coefficient (Wildman–Crippen LogP) is 3.17. The second-order valence-electron chi connectivity index (χ2n) is 2.89. The highest BCUT2D eigenvalue weighted by atomic mass is 32.1. The molecule has 0 N–H and O–H groups in total. The lowest BCUT2D eigenvalue weighted by molar-refractivity contribution is 0.576. The number of nitriles is 1. The average Bonchev–Trinajstić information content (AvgIpc) is 2.18.